The van der Waals surface area contributed by atoms with E-state index < -0.39 is 0 Å². The maximum Gasteiger partial charge on any atom is 0.255 e. The third-order valence-corrected chi connectivity index (χ3v) is 5.52. The number of hydrogen-bond donors (Lipinski definition) is 2. The highest BCUT2D eigenvalue weighted by molar-refractivity contribution is 5.90. The molecule has 0 bridgehead atoms. The Hall–Kier alpha value is -3.18. The first-order valence-corrected chi connectivity index (χ1v) is 9.65. The van der Waals surface area contributed by atoms with Gasteiger partial charge in [-0.1, -0.05) is 48.5 Å². The number of aryl methyl sites for hydroxylation is 1. The third kappa shape index (κ3) is 2.94. The summed E-state index contributed by atoms with van der Waals surface area (Å²) in [6, 6.07) is 18.9. The maximum atomic E-state index is 12.4. The molecule has 1 aliphatic heterocycles. The van der Waals surface area contributed by atoms with Crippen molar-refractivity contribution in [3.05, 3.63) is 87.6 Å². The highest BCUT2D eigenvalue weighted by Crippen LogP contribution is 2.32. The minimum absolute atomic E-state index is 0.00518. The number of para-hydroxylation sites is 1. The summed E-state index contributed by atoms with van der Waals surface area (Å²) < 4.78 is 0. The van der Waals surface area contributed by atoms with Gasteiger partial charge in [-0.05, 0) is 24.1 Å². The number of aromatic nitrogens is 3. The fourth-order valence-electron chi connectivity index (χ4n) is 4.18. The standard InChI is InChI=1S/C23H22N4O/c1-15-24-21-11-12-27(14-19(21)23(28)25-15)13-18-17-9-5-6-10-20(17)26-22(18)16-7-3-2-4-8-16/h2-10,26H,11-14H2,1H3,(H,24,25,28). The first-order valence-electron chi connectivity index (χ1n) is 9.65. The summed E-state index contributed by atoms with van der Waals surface area (Å²) in [5, 5.41) is 1.24. The van der Waals surface area contributed by atoms with Gasteiger partial charge in [0.15, 0.2) is 0 Å². The van der Waals surface area contributed by atoms with Crippen molar-refractivity contribution < 1.29 is 0 Å². The number of fused-ring (bicyclic) bond motifs is 2. The van der Waals surface area contributed by atoms with Crippen molar-refractivity contribution in [3.8, 4) is 11.3 Å². The zero-order valence-electron chi connectivity index (χ0n) is 15.8. The SMILES string of the molecule is Cc1nc2c(c(=O)[nH]1)CN(Cc1c(-c3ccccc3)[nH]c3ccccc13)CC2. The molecule has 2 aromatic carbocycles. The quantitative estimate of drug-likeness (QED) is 0.577. The molecule has 5 heteroatoms. The van der Waals surface area contributed by atoms with Gasteiger partial charge >= 0.3 is 0 Å². The van der Waals surface area contributed by atoms with Crippen LogP contribution in [0.2, 0.25) is 0 Å². The number of aromatic amines is 2. The van der Waals surface area contributed by atoms with Gasteiger partial charge in [0.1, 0.15) is 5.82 Å². The zero-order chi connectivity index (χ0) is 19.1. The van der Waals surface area contributed by atoms with E-state index in [9.17, 15) is 4.79 Å². The summed E-state index contributed by atoms with van der Waals surface area (Å²) >= 11 is 0. The second-order valence-electron chi connectivity index (χ2n) is 7.43. The molecule has 0 fully saturated rings. The Balaban J connectivity index is 1.54. The lowest BCUT2D eigenvalue weighted by atomic mass is 10.0. The van der Waals surface area contributed by atoms with Crippen molar-refractivity contribution in [1.29, 1.82) is 0 Å². The van der Waals surface area contributed by atoms with E-state index in [-0.39, 0.29) is 5.56 Å². The first-order chi connectivity index (χ1) is 13.7. The van der Waals surface area contributed by atoms with Crippen molar-refractivity contribution in [2.45, 2.75) is 26.4 Å². The molecule has 140 valence electrons. The van der Waals surface area contributed by atoms with E-state index in [1.54, 1.807) is 0 Å². The molecule has 2 N–H and O–H groups in total. The van der Waals surface area contributed by atoms with E-state index in [1.165, 1.54) is 16.5 Å². The summed E-state index contributed by atoms with van der Waals surface area (Å²) in [6.07, 6.45) is 0.809. The molecule has 5 nitrogen and oxygen atoms in total. The molecule has 0 atom stereocenters. The molecule has 0 radical (unpaired) electrons. The van der Waals surface area contributed by atoms with Crippen LogP contribution in [0.4, 0.5) is 0 Å². The predicted molar refractivity (Wildman–Crippen MR) is 111 cm³/mol. The van der Waals surface area contributed by atoms with Gasteiger partial charge < -0.3 is 9.97 Å². The minimum atomic E-state index is -0.00518. The van der Waals surface area contributed by atoms with E-state index in [0.29, 0.717) is 12.4 Å². The fraction of sp³-hybridized carbons (Fsp3) is 0.217. The van der Waals surface area contributed by atoms with Crippen molar-refractivity contribution in [1.82, 2.24) is 19.9 Å². The second kappa shape index (κ2) is 6.77. The lowest BCUT2D eigenvalue weighted by molar-refractivity contribution is 0.242. The lowest BCUT2D eigenvalue weighted by Gasteiger charge is -2.28. The minimum Gasteiger partial charge on any atom is -0.354 e. The van der Waals surface area contributed by atoms with E-state index >= 15 is 0 Å². The number of hydrogen-bond acceptors (Lipinski definition) is 3. The van der Waals surface area contributed by atoms with E-state index in [1.807, 2.05) is 13.0 Å². The molecule has 5 rings (SSSR count). The van der Waals surface area contributed by atoms with Crippen LogP contribution in [0, 0.1) is 6.92 Å². The summed E-state index contributed by atoms with van der Waals surface area (Å²) in [6.45, 7) is 4.16. The highest BCUT2D eigenvalue weighted by atomic mass is 16.1. The molecule has 3 heterocycles. The van der Waals surface area contributed by atoms with Crippen LogP contribution in [0.25, 0.3) is 22.2 Å². The molecular formula is C23H22N4O. The molecule has 0 saturated carbocycles. The van der Waals surface area contributed by atoms with Crippen LogP contribution in [-0.4, -0.2) is 26.4 Å². The molecule has 0 amide bonds. The van der Waals surface area contributed by atoms with Gasteiger partial charge in [-0.3, -0.25) is 9.69 Å². The van der Waals surface area contributed by atoms with E-state index in [4.69, 9.17) is 0 Å². The Labute approximate surface area is 163 Å². The van der Waals surface area contributed by atoms with E-state index in [2.05, 4.69) is 68.4 Å². The van der Waals surface area contributed by atoms with Crippen LogP contribution in [0.1, 0.15) is 22.6 Å². The van der Waals surface area contributed by atoms with Crippen molar-refractivity contribution >= 4 is 10.9 Å². The number of nitrogens with one attached hydrogen (secondary N) is 2. The number of rotatable bonds is 3. The fourth-order valence-corrected chi connectivity index (χ4v) is 4.18. The van der Waals surface area contributed by atoms with Crippen molar-refractivity contribution in [2.24, 2.45) is 0 Å². The number of nitrogens with zero attached hydrogens (tertiary/aromatic N) is 2. The number of benzene rings is 2. The normalized spacial score (nSPS) is 14.3. The van der Waals surface area contributed by atoms with E-state index in [0.717, 1.165) is 42.0 Å². The Kier molecular flexibility index (Phi) is 4.10. The van der Waals surface area contributed by atoms with Crippen LogP contribution in [-0.2, 0) is 19.5 Å². The average molecular weight is 370 g/mol. The largest absolute Gasteiger partial charge is 0.354 e. The van der Waals surface area contributed by atoms with Crippen LogP contribution >= 0.6 is 0 Å². The molecule has 1 aliphatic rings. The average Bonchev–Trinajstić information content (AvgIpc) is 3.08. The van der Waals surface area contributed by atoms with Gasteiger partial charge in [-0.15, -0.1) is 0 Å². The summed E-state index contributed by atoms with van der Waals surface area (Å²) in [7, 11) is 0. The van der Waals surface area contributed by atoms with Gasteiger partial charge in [0, 0.05) is 37.0 Å². The van der Waals surface area contributed by atoms with Crippen molar-refractivity contribution in [2.75, 3.05) is 6.54 Å². The van der Waals surface area contributed by atoms with Crippen LogP contribution in [0.5, 0.6) is 0 Å². The molecular weight excluding hydrogens is 348 g/mol. The summed E-state index contributed by atoms with van der Waals surface area (Å²) in [5.74, 6) is 0.695. The Bertz CT molecular complexity index is 1210. The smallest absolute Gasteiger partial charge is 0.255 e. The molecule has 2 aromatic heterocycles. The molecule has 28 heavy (non-hydrogen) atoms. The van der Waals surface area contributed by atoms with Gasteiger partial charge in [0.25, 0.3) is 5.56 Å². The molecule has 4 aromatic rings. The monoisotopic (exact) mass is 370 g/mol. The first kappa shape index (κ1) is 17.0. The number of H-pyrrole nitrogens is 2. The topological polar surface area (TPSA) is 64.8 Å². The van der Waals surface area contributed by atoms with Gasteiger partial charge in [-0.25, -0.2) is 4.98 Å². The van der Waals surface area contributed by atoms with Gasteiger partial charge in [0.05, 0.1) is 17.0 Å². The Morgan fingerprint density at radius 1 is 1.04 bits per heavy atom. The molecule has 0 spiro atoms. The Morgan fingerprint density at radius 3 is 2.68 bits per heavy atom. The van der Waals surface area contributed by atoms with Gasteiger partial charge in [0.2, 0.25) is 0 Å². The highest BCUT2D eigenvalue weighted by Gasteiger charge is 2.23. The lowest BCUT2D eigenvalue weighted by Crippen LogP contribution is -2.35. The predicted octanol–water partition coefficient (Wildman–Crippen LogP) is 3.78. The van der Waals surface area contributed by atoms with Crippen LogP contribution < -0.4 is 5.56 Å². The van der Waals surface area contributed by atoms with Crippen LogP contribution in [0.15, 0.2) is 59.4 Å². The van der Waals surface area contributed by atoms with Crippen LogP contribution in [0.3, 0.4) is 0 Å². The summed E-state index contributed by atoms with van der Waals surface area (Å²) in [5.41, 5.74) is 6.50. The summed E-state index contributed by atoms with van der Waals surface area (Å²) in [4.78, 5) is 25.7. The maximum absolute atomic E-state index is 12.4. The molecule has 0 aliphatic carbocycles. The second-order valence-corrected chi connectivity index (χ2v) is 7.43. The molecule has 0 saturated heterocycles. The van der Waals surface area contributed by atoms with Crippen molar-refractivity contribution in [3.63, 3.8) is 0 Å². The molecule has 0 unspecified atom stereocenters. The Morgan fingerprint density at radius 2 is 1.82 bits per heavy atom. The zero-order valence-corrected chi connectivity index (χ0v) is 15.8. The van der Waals surface area contributed by atoms with Gasteiger partial charge in [-0.2, -0.15) is 0 Å². The third-order valence-electron chi connectivity index (χ3n) is 5.52.